The van der Waals surface area contributed by atoms with Gasteiger partial charge in [0.2, 0.25) is 5.91 Å². The zero-order valence-corrected chi connectivity index (χ0v) is 23.7. The number of nitrogens with zero attached hydrogens (tertiary/aromatic N) is 2. The molecule has 4 aliphatic rings. The molecule has 4 aliphatic heterocycles. The van der Waals surface area contributed by atoms with E-state index in [0.717, 1.165) is 5.56 Å². The summed E-state index contributed by atoms with van der Waals surface area (Å²) in [4.78, 5) is 45.9. The Labute approximate surface area is 234 Å². The van der Waals surface area contributed by atoms with E-state index in [-0.39, 0.29) is 37.5 Å². The minimum absolute atomic E-state index is 0.106. The van der Waals surface area contributed by atoms with E-state index in [4.69, 9.17) is 21.1 Å². The summed E-state index contributed by atoms with van der Waals surface area (Å²) in [5.74, 6) is -3.24. The molecule has 0 radical (unpaired) electrons. The third-order valence-electron chi connectivity index (χ3n) is 9.14. The molecule has 1 spiro atoms. The SMILES string of the molecule is CC[C@H](C)[C@H](CO)N1C(=O)[C@@H]2[C@@H]3C(=O)OCCC=C[C@]3(CC)O[C@@]23C=CCN(c2c(C)cccc2Cl)C(=O)C13. The highest BCUT2D eigenvalue weighted by molar-refractivity contribution is 6.34. The molecule has 2 amide bonds. The van der Waals surface area contributed by atoms with Crippen molar-refractivity contribution in [2.24, 2.45) is 17.8 Å². The Morgan fingerprint density at radius 1 is 1.13 bits per heavy atom. The van der Waals surface area contributed by atoms with Gasteiger partial charge in [0, 0.05) is 6.54 Å². The second-order valence-electron chi connectivity index (χ2n) is 11.1. The fraction of sp³-hybridized carbons (Fsp3) is 0.567. The second-order valence-corrected chi connectivity index (χ2v) is 11.5. The number of benzene rings is 1. The van der Waals surface area contributed by atoms with Crippen molar-refractivity contribution >= 4 is 35.1 Å². The molecular formula is C30H37ClN2O6. The first kappa shape index (κ1) is 27.9. The van der Waals surface area contributed by atoms with Crippen LogP contribution in [0.4, 0.5) is 5.69 Å². The summed E-state index contributed by atoms with van der Waals surface area (Å²) >= 11 is 6.62. The fourth-order valence-corrected chi connectivity index (χ4v) is 7.33. The Kier molecular flexibility index (Phi) is 7.42. The van der Waals surface area contributed by atoms with E-state index >= 15 is 0 Å². The van der Waals surface area contributed by atoms with Crippen molar-refractivity contribution in [1.29, 1.82) is 0 Å². The quantitative estimate of drug-likeness (QED) is 0.423. The lowest BCUT2D eigenvalue weighted by atomic mass is 9.73. The largest absolute Gasteiger partial charge is 0.465 e. The topological polar surface area (TPSA) is 96.4 Å². The number of para-hydroxylation sites is 1. The molecule has 4 heterocycles. The number of cyclic esters (lactones) is 1. The van der Waals surface area contributed by atoms with Crippen LogP contribution in [-0.2, 0) is 23.9 Å². The Hall–Kier alpha value is -2.68. The highest BCUT2D eigenvalue weighted by Crippen LogP contribution is 2.59. The number of fused-ring (bicyclic) bond motifs is 2. The van der Waals surface area contributed by atoms with Crippen molar-refractivity contribution < 1.29 is 29.0 Å². The molecule has 2 fully saturated rings. The van der Waals surface area contributed by atoms with Crippen molar-refractivity contribution in [3.05, 3.63) is 53.1 Å². The van der Waals surface area contributed by atoms with E-state index in [1.54, 1.807) is 17.0 Å². The maximum atomic E-state index is 14.7. The zero-order valence-electron chi connectivity index (χ0n) is 22.9. The molecule has 1 aromatic carbocycles. The van der Waals surface area contributed by atoms with E-state index in [1.165, 1.54) is 4.90 Å². The van der Waals surface area contributed by atoms with Gasteiger partial charge in [-0.15, -0.1) is 0 Å². The van der Waals surface area contributed by atoms with Gasteiger partial charge in [0.15, 0.2) is 0 Å². The molecule has 1 aromatic rings. The van der Waals surface area contributed by atoms with Crippen LogP contribution in [0, 0.1) is 24.7 Å². The van der Waals surface area contributed by atoms with Gasteiger partial charge >= 0.3 is 5.97 Å². The zero-order chi connectivity index (χ0) is 28.1. The summed E-state index contributed by atoms with van der Waals surface area (Å²) in [6.07, 6.45) is 9.10. The van der Waals surface area contributed by atoms with Crippen LogP contribution in [-0.4, -0.2) is 70.8 Å². The predicted molar refractivity (Wildman–Crippen MR) is 147 cm³/mol. The van der Waals surface area contributed by atoms with Crippen LogP contribution >= 0.6 is 11.6 Å². The molecule has 0 saturated carbocycles. The van der Waals surface area contributed by atoms with Crippen LogP contribution in [0.3, 0.4) is 0 Å². The van der Waals surface area contributed by atoms with E-state index in [1.807, 2.05) is 58.1 Å². The van der Waals surface area contributed by atoms with Gasteiger partial charge in [0.1, 0.15) is 23.2 Å². The molecule has 8 nitrogen and oxygen atoms in total. The van der Waals surface area contributed by atoms with Crippen LogP contribution in [0.15, 0.2) is 42.5 Å². The Morgan fingerprint density at radius 3 is 2.56 bits per heavy atom. The molecule has 7 atom stereocenters. The first-order chi connectivity index (χ1) is 18.7. The number of anilines is 1. The van der Waals surface area contributed by atoms with E-state index < -0.39 is 41.1 Å². The molecule has 0 aromatic heterocycles. The molecular weight excluding hydrogens is 520 g/mol. The van der Waals surface area contributed by atoms with Gasteiger partial charge in [-0.1, -0.05) is 75.2 Å². The summed E-state index contributed by atoms with van der Waals surface area (Å²) in [6.45, 7) is 7.84. The van der Waals surface area contributed by atoms with Gasteiger partial charge in [0.25, 0.3) is 5.91 Å². The summed E-state index contributed by atoms with van der Waals surface area (Å²) in [5, 5.41) is 11.0. The standard InChI is InChI=1S/C30H37ClN2O6/c1-5-18(3)21(17-34)33-25-27(36)32(24-19(4)11-9-12-20(24)31)15-10-14-30(25)22(26(33)35)23-28(37)38-16-8-7-13-29(23,6-2)39-30/h7,9-14,18,21-23,25,34H,5-6,8,15-17H2,1-4H3/t18-,21-,22-,23+,25?,29-,30-/m0/s1. The number of aliphatic hydroxyl groups is 1. The first-order valence-corrected chi connectivity index (χ1v) is 14.3. The Bertz CT molecular complexity index is 1210. The summed E-state index contributed by atoms with van der Waals surface area (Å²) in [5.41, 5.74) is -1.14. The molecule has 210 valence electrons. The van der Waals surface area contributed by atoms with Gasteiger partial charge in [-0.3, -0.25) is 14.4 Å². The van der Waals surface area contributed by atoms with Gasteiger partial charge in [-0.05, 0) is 37.3 Å². The van der Waals surface area contributed by atoms with Crippen molar-refractivity contribution in [2.45, 2.75) is 70.2 Å². The first-order valence-electron chi connectivity index (χ1n) is 13.9. The van der Waals surface area contributed by atoms with Crippen LogP contribution < -0.4 is 4.90 Å². The van der Waals surface area contributed by atoms with E-state index in [2.05, 4.69) is 0 Å². The number of ether oxygens (including phenoxy) is 2. The highest BCUT2D eigenvalue weighted by atomic mass is 35.5. The van der Waals surface area contributed by atoms with Gasteiger partial charge in [-0.2, -0.15) is 0 Å². The van der Waals surface area contributed by atoms with Crippen molar-refractivity contribution in [1.82, 2.24) is 4.90 Å². The maximum Gasteiger partial charge on any atom is 0.313 e. The number of hydrogen-bond donors (Lipinski definition) is 1. The number of carbonyl (C=O) groups is 3. The smallest absolute Gasteiger partial charge is 0.313 e. The maximum absolute atomic E-state index is 14.7. The average Bonchev–Trinajstić information content (AvgIpc) is 3.26. The highest BCUT2D eigenvalue weighted by Gasteiger charge is 2.76. The fourth-order valence-electron chi connectivity index (χ4n) is 7.00. The Morgan fingerprint density at radius 2 is 1.90 bits per heavy atom. The number of amides is 2. The minimum atomic E-state index is -1.42. The summed E-state index contributed by atoms with van der Waals surface area (Å²) < 4.78 is 12.5. The number of aliphatic hydroxyl groups excluding tert-OH is 1. The molecule has 0 bridgehead atoms. The number of carbonyl (C=O) groups excluding carboxylic acids is 3. The van der Waals surface area contributed by atoms with Gasteiger partial charge in [-0.25, -0.2) is 0 Å². The Balaban J connectivity index is 1.73. The monoisotopic (exact) mass is 556 g/mol. The third kappa shape index (κ3) is 4.06. The molecule has 39 heavy (non-hydrogen) atoms. The predicted octanol–water partition coefficient (Wildman–Crippen LogP) is 3.82. The molecule has 0 aliphatic carbocycles. The third-order valence-corrected chi connectivity index (χ3v) is 9.45. The number of esters is 1. The number of aryl methyl sites for hydroxylation is 1. The lowest BCUT2D eigenvalue weighted by molar-refractivity contribution is -0.162. The average molecular weight is 557 g/mol. The molecule has 1 unspecified atom stereocenters. The summed E-state index contributed by atoms with van der Waals surface area (Å²) in [6, 6.07) is 3.70. The summed E-state index contributed by atoms with van der Waals surface area (Å²) in [7, 11) is 0. The van der Waals surface area contributed by atoms with Crippen molar-refractivity contribution in [2.75, 3.05) is 24.7 Å². The van der Waals surface area contributed by atoms with Gasteiger partial charge in [0.05, 0.1) is 35.9 Å². The van der Waals surface area contributed by atoms with Crippen LogP contribution in [0.5, 0.6) is 0 Å². The minimum Gasteiger partial charge on any atom is -0.465 e. The normalized spacial score (nSPS) is 33.6. The van der Waals surface area contributed by atoms with Crippen molar-refractivity contribution in [3.8, 4) is 0 Å². The molecule has 9 heteroatoms. The molecule has 2 saturated heterocycles. The number of hydrogen-bond acceptors (Lipinski definition) is 6. The van der Waals surface area contributed by atoms with E-state index in [9.17, 15) is 19.5 Å². The number of likely N-dealkylation sites (tertiary alicyclic amines) is 1. The lowest BCUT2D eigenvalue weighted by Gasteiger charge is -2.42. The molecule has 1 N–H and O–H groups in total. The van der Waals surface area contributed by atoms with Crippen LogP contribution in [0.2, 0.25) is 5.02 Å². The van der Waals surface area contributed by atoms with E-state index in [0.29, 0.717) is 30.0 Å². The van der Waals surface area contributed by atoms with Crippen LogP contribution in [0.25, 0.3) is 0 Å². The molecule has 5 rings (SSSR count). The second kappa shape index (κ2) is 10.4. The van der Waals surface area contributed by atoms with Gasteiger partial charge < -0.3 is 24.4 Å². The number of rotatable bonds is 6. The lowest BCUT2D eigenvalue weighted by Crippen LogP contribution is -2.60. The number of halogens is 1. The van der Waals surface area contributed by atoms with Crippen molar-refractivity contribution in [3.63, 3.8) is 0 Å². The van der Waals surface area contributed by atoms with Crippen LogP contribution in [0.1, 0.15) is 45.6 Å².